The monoisotopic (exact) mass is 464 g/mol. The van der Waals surface area contributed by atoms with E-state index in [4.69, 9.17) is 5.73 Å². The standard InChI is InChI=1S/C12H17F13N4/c13-7(14,9(17,18)11(21,22)23)8(15,16)10(19,20)12(24,25)29-6-5-28-4-3-27-2-1-26/h27-29H,1-6,26H2. The summed E-state index contributed by atoms with van der Waals surface area (Å²) in [6.07, 6.45) is -7.42. The Morgan fingerprint density at radius 3 is 1.28 bits per heavy atom. The molecule has 0 heterocycles. The van der Waals surface area contributed by atoms with E-state index < -0.39 is 49.0 Å². The maximum absolute atomic E-state index is 13.3. The summed E-state index contributed by atoms with van der Waals surface area (Å²) in [4.78, 5) is 0. The zero-order valence-corrected chi connectivity index (χ0v) is 14.2. The molecule has 0 aromatic carbocycles. The predicted molar refractivity (Wildman–Crippen MR) is 73.6 cm³/mol. The second-order valence-electron chi connectivity index (χ2n) is 5.59. The van der Waals surface area contributed by atoms with Crippen molar-refractivity contribution in [2.24, 2.45) is 5.73 Å². The second-order valence-corrected chi connectivity index (χ2v) is 5.59. The van der Waals surface area contributed by atoms with Crippen LogP contribution in [0, 0.1) is 0 Å². The van der Waals surface area contributed by atoms with Crippen LogP contribution in [0.1, 0.15) is 0 Å². The summed E-state index contributed by atoms with van der Waals surface area (Å²) in [5.41, 5.74) is 5.12. The maximum Gasteiger partial charge on any atom is 0.460 e. The third-order valence-electron chi connectivity index (χ3n) is 3.38. The first kappa shape index (κ1) is 27.9. The van der Waals surface area contributed by atoms with E-state index in [2.05, 4.69) is 10.6 Å². The van der Waals surface area contributed by atoms with Crippen LogP contribution in [-0.2, 0) is 0 Å². The number of hydrogen-bond donors (Lipinski definition) is 4. The molecule has 0 radical (unpaired) electrons. The molecule has 0 aliphatic rings. The third-order valence-corrected chi connectivity index (χ3v) is 3.38. The molecular formula is C12H17F13N4. The van der Waals surface area contributed by atoms with Crippen molar-refractivity contribution in [3.63, 3.8) is 0 Å². The minimum atomic E-state index is -7.89. The van der Waals surface area contributed by atoms with Gasteiger partial charge in [-0.2, -0.15) is 57.1 Å². The minimum absolute atomic E-state index is 0.0513. The van der Waals surface area contributed by atoms with Crippen molar-refractivity contribution in [2.75, 3.05) is 39.3 Å². The van der Waals surface area contributed by atoms with Gasteiger partial charge < -0.3 is 16.4 Å². The molecule has 0 bridgehead atoms. The highest BCUT2D eigenvalue weighted by molar-refractivity contribution is 5.09. The van der Waals surface area contributed by atoms with Crippen LogP contribution in [0.3, 0.4) is 0 Å². The molecule has 176 valence electrons. The molecular weight excluding hydrogens is 447 g/mol. The van der Waals surface area contributed by atoms with Gasteiger partial charge in [-0.1, -0.05) is 0 Å². The number of hydrogen-bond acceptors (Lipinski definition) is 4. The Hall–Kier alpha value is -1.07. The summed E-state index contributed by atoms with van der Waals surface area (Å²) in [6.45, 7) is -0.950. The van der Waals surface area contributed by atoms with Crippen molar-refractivity contribution in [3.05, 3.63) is 0 Å². The lowest BCUT2D eigenvalue weighted by Gasteiger charge is -2.39. The lowest BCUT2D eigenvalue weighted by atomic mass is 9.96. The molecule has 5 N–H and O–H groups in total. The zero-order chi connectivity index (χ0) is 23.4. The van der Waals surface area contributed by atoms with Crippen LogP contribution < -0.4 is 21.7 Å². The molecule has 0 amide bonds. The van der Waals surface area contributed by atoms with Crippen molar-refractivity contribution in [3.8, 4) is 0 Å². The largest absolute Gasteiger partial charge is 0.460 e. The number of nitrogens with two attached hydrogens (primary N) is 1. The van der Waals surface area contributed by atoms with Crippen LogP contribution in [0.4, 0.5) is 57.1 Å². The summed E-state index contributed by atoms with van der Waals surface area (Å²) >= 11 is 0. The highest BCUT2D eigenvalue weighted by Crippen LogP contribution is 2.59. The topological polar surface area (TPSA) is 62.1 Å². The van der Waals surface area contributed by atoms with Crippen LogP contribution in [0.2, 0.25) is 0 Å². The number of halogens is 13. The fraction of sp³-hybridized carbons (Fsp3) is 1.00. The lowest BCUT2D eigenvalue weighted by molar-refractivity contribution is -0.442. The van der Waals surface area contributed by atoms with E-state index in [1.54, 1.807) is 0 Å². The number of rotatable bonds is 13. The summed E-state index contributed by atoms with van der Waals surface area (Å²) in [7, 11) is 0. The highest BCUT2D eigenvalue weighted by atomic mass is 19.4. The van der Waals surface area contributed by atoms with E-state index in [1.807, 2.05) is 0 Å². The summed E-state index contributed by atoms with van der Waals surface area (Å²) in [6, 6.07) is -6.26. The summed E-state index contributed by atoms with van der Waals surface area (Å²) in [5, 5.41) is 5.48. The first-order valence-corrected chi connectivity index (χ1v) is 7.63. The molecule has 29 heavy (non-hydrogen) atoms. The normalized spacial score (nSPS) is 15.1. The Morgan fingerprint density at radius 2 is 0.862 bits per heavy atom. The molecule has 0 aromatic heterocycles. The Balaban J connectivity index is 5.21. The van der Waals surface area contributed by atoms with Gasteiger partial charge in [0.1, 0.15) is 0 Å². The van der Waals surface area contributed by atoms with Crippen LogP contribution in [0.15, 0.2) is 0 Å². The fourth-order valence-electron chi connectivity index (χ4n) is 1.72. The van der Waals surface area contributed by atoms with Crippen LogP contribution in [0.25, 0.3) is 0 Å². The Morgan fingerprint density at radius 1 is 0.483 bits per heavy atom. The van der Waals surface area contributed by atoms with Gasteiger partial charge in [-0.25, -0.2) is 0 Å². The number of nitrogens with one attached hydrogen (secondary N) is 3. The average Bonchev–Trinajstić information content (AvgIpc) is 2.55. The molecule has 0 spiro atoms. The van der Waals surface area contributed by atoms with E-state index in [9.17, 15) is 57.1 Å². The molecule has 0 atom stereocenters. The number of alkyl halides is 13. The van der Waals surface area contributed by atoms with Crippen LogP contribution in [-0.4, -0.2) is 75.2 Å². The van der Waals surface area contributed by atoms with E-state index in [-0.39, 0.29) is 19.6 Å². The Kier molecular flexibility index (Phi) is 9.04. The van der Waals surface area contributed by atoms with Crippen molar-refractivity contribution in [2.45, 2.75) is 35.9 Å². The fourth-order valence-corrected chi connectivity index (χ4v) is 1.72. The van der Waals surface area contributed by atoms with Gasteiger partial charge in [0.2, 0.25) is 0 Å². The molecule has 0 unspecified atom stereocenters. The van der Waals surface area contributed by atoms with Gasteiger partial charge in [0, 0.05) is 39.3 Å². The van der Waals surface area contributed by atoms with E-state index >= 15 is 0 Å². The maximum atomic E-state index is 13.3. The summed E-state index contributed by atoms with van der Waals surface area (Å²) < 4.78 is 167. The highest BCUT2D eigenvalue weighted by Gasteiger charge is 2.90. The van der Waals surface area contributed by atoms with E-state index in [0.717, 1.165) is 0 Å². The molecule has 0 fully saturated rings. The van der Waals surface area contributed by atoms with Gasteiger partial charge in [-0.05, 0) is 0 Å². The van der Waals surface area contributed by atoms with Gasteiger partial charge in [-0.3, -0.25) is 5.32 Å². The smallest absolute Gasteiger partial charge is 0.329 e. The third kappa shape index (κ3) is 5.55. The van der Waals surface area contributed by atoms with Crippen molar-refractivity contribution in [1.82, 2.24) is 16.0 Å². The van der Waals surface area contributed by atoms with Gasteiger partial charge in [0.15, 0.2) is 0 Å². The van der Waals surface area contributed by atoms with Crippen LogP contribution >= 0.6 is 0 Å². The van der Waals surface area contributed by atoms with Gasteiger partial charge >= 0.3 is 35.9 Å². The first-order valence-electron chi connectivity index (χ1n) is 7.63. The molecule has 0 aromatic rings. The first-order chi connectivity index (χ1) is 12.8. The molecule has 4 nitrogen and oxygen atoms in total. The van der Waals surface area contributed by atoms with Gasteiger partial charge in [-0.15, -0.1) is 0 Å². The quantitative estimate of drug-likeness (QED) is 0.192. The molecule has 0 saturated carbocycles. The van der Waals surface area contributed by atoms with Gasteiger partial charge in [0.05, 0.1) is 0 Å². The van der Waals surface area contributed by atoms with Gasteiger partial charge in [0.25, 0.3) is 0 Å². The predicted octanol–water partition coefficient (Wildman–Crippen LogP) is 2.41. The SMILES string of the molecule is NCCNCCNCCNC(F)(F)C(F)(F)C(F)(F)C(F)(F)C(F)(F)C(F)(F)F. The van der Waals surface area contributed by atoms with Crippen molar-refractivity contribution < 1.29 is 57.1 Å². The zero-order valence-electron chi connectivity index (χ0n) is 14.2. The van der Waals surface area contributed by atoms with Crippen molar-refractivity contribution in [1.29, 1.82) is 0 Å². The molecule has 0 aliphatic heterocycles. The second kappa shape index (κ2) is 9.38. The molecule has 0 rings (SSSR count). The lowest BCUT2D eigenvalue weighted by Crippen LogP contribution is -2.72. The molecule has 0 saturated heterocycles. The summed E-state index contributed by atoms with van der Waals surface area (Å²) in [5.74, 6) is -30.7. The molecule has 0 aliphatic carbocycles. The van der Waals surface area contributed by atoms with Crippen LogP contribution in [0.5, 0.6) is 0 Å². The van der Waals surface area contributed by atoms with E-state index in [1.165, 1.54) is 0 Å². The van der Waals surface area contributed by atoms with E-state index in [0.29, 0.717) is 11.9 Å². The van der Waals surface area contributed by atoms with Crippen molar-refractivity contribution >= 4 is 0 Å². The molecule has 17 heteroatoms. The minimum Gasteiger partial charge on any atom is -0.329 e. The Labute approximate surface area is 155 Å². The Bertz CT molecular complexity index is 507. The average molecular weight is 464 g/mol.